The second-order valence-corrected chi connectivity index (χ2v) is 6.30. The molecule has 2 unspecified atom stereocenters. The lowest BCUT2D eigenvalue weighted by molar-refractivity contribution is 0.669. The van der Waals surface area contributed by atoms with Gasteiger partial charge in [-0.25, -0.2) is 0 Å². The first-order valence-corrected chi connectivity index (χ1v) is 7.45. The molecule has 14 heavy (non-hydrogen) atoms. The van der Waals surface area contributed by atoms with E-state index in [9.17, 15) is 4.21 Å². The maximum Gasteiger partial charge on any atom is 0.156 e. The first-order valence-electron chi connectivity index (χ1n) is 4.98. The molecule has 0 aliphatic carbocycles. The van der Waals surface area contributed by atoms with Gasteiger partial charge in [0.05, 0.1) is 0 Å². The van der Waals surface area contributed by atoms with Crippen molar-refractivity contribution < 1.29 is 4.21 Å². The highest BCUT2D eigenvalue weighted by atomic mass is 32.2. The van der Waals surface area contributed by atoms with Crippen LogP contribution in [0.25, 0.3) is 0 Å². The van der Waals surface area contributed by atoms with Crippen molar-refractivity contribution in [1.82, 2.24) is 5.32 Å². The highest BCUT2D eigenvalue weighted by Crippen LogP contribution is 2.15. The van der Waals surface area contributed by atoms with E-state index >= 15 is 0 Å². The molecule has 2 atom stereocenters. The molecule has 0 saturated carbocycles. The van der Waals surface area contributed by atoms with Gasteiger partial charge < -0.3 is 5.32 Å². The van der Waals surface area contributed by atoms with Crippen molar-refractivity contribution in [3.05, 3.63) is 0 Å². The zero-order valence-corrected chi connectivity index (χ0v) is 10.4. The maximum atomic E-state index is 11.1. The molecule has 0 spiro atoms. The Morgan fingerprint density at radius 1 is 1.71 bits per heavy atom. The summed E-state index contributed by atoms with van der Waals surface area (Å²) >= 11 is 1.77. The van der Waals surface area contributed by atoms with Crippen molar-refractivity contribution in [2.45, 2.75) is 13.8 Å². The third-order valence-corrected chi connectivity index (χ3v) is 4.57. The molecule has 1 aliphatic heterocycles. The molecule has 0 aromatic carbocycles. The van der Waals surface area contributed by atoms with E-state index in [-0.39, 0.29) is 0 Å². The lowest BCUT2D eigenvalue weighted by Crippen LogP contribution is -2.29. The minimum absolute atomic E-state index is 0.665. The Bertz CT molecular complexity index is 231. The predicted molar refractivity (Wildman–Crippen MR) is 65.5 cm³/mol. The van der Waals surface area contributed by atoms with Gasteiger partial charge in [-0.05, 0) is 5.92 Å². The molecule has 5 heteroatoms. The summed E-state index contributed by atoms with van der Waals surface area (Å²) < 4.78 is 11.1. The van der Waals surface area contributed by atoms with Gasteiger partial charge in [0, 0.05) is 41.1 Å². The molecule has 82 valence electrons. The van der Waals surface area contributed by atoms with Gasteiger partial charge >= 0.3 is 0 Å². The Labute approximate surface area is 92.6 Å². The van der Waals surface area contributed by atoms with Gasteiger partial charge in [-0.2, -0.15) is 0 Å². The van der Waals surface area contributed by atoms with Crippen molar-refractivity contribution in [2.24, 2.45) is 10.9 Å². The van der Waals surface area contributed by atoms with Crippen LogP contribution in [0.1, 0.15) is 13.8 Å². The number of rotatable bonds is 4. The molecular weight excluding hydrogens is 216 g/mol. The van der Waals surface area contributed by atoms with Crippen LogP contribution in [0.15, 0.2) is 4.99 Å². The van der Waals surface area contributed by atoms with E-state index in [1.54, 1.807) is 11.8 Å². The summed E-state index contributed by atoms with van der Waals surface area (Å²) in [6.45, 7) is 5.86. The molecule has 3 nitrogen and oxygen atoms in total. The lowest BCUT2D eigenvalue weighted by Gasteiger charge is -2.17. The molecule has 0 amide bonds. The van der Waals surface area contributed by atoms with Crippen molar-refractivity contribution >= 4 is 27.7 Å². The first-order chi connectivity index (χ1) is 6.72. The standard InChI is InChI=1S/C9H18N2OS2/c1-3-14(12)5-4-10-9-11-6-8(2)7-13-9/h8H,3-7H2,1-2H3,(H,10,11). The molecule has 0 aromatic heterocycles. The Hall–Kier alpha value is -0.0300. The van der Waals surface area contributed by atoms with Gasteiger partial charge in [0.2, 0.25) is 0 Å². The van der Waals surface area contributed by atoms with Crippen LogP contribution in [-0.2, 0) is 10.8 Å². The van der Waals surface area contributed by atoms with E-state index in [1.807, 2.05) is 6.92 Å². The first kappa shape index (κ1) is 12.0. The molecular formula is C9H18N2OS2. The van der Waals surface area contributed by atoms with Gasteiger partial charge in [0.1, 0.15) is 0 Å². The molecule has 1 heterocycles. The number of hydrogen-bond donors (Lipinski definition) is 1. The normalized spacial score (nSPS) is 24.1. The highest BCUT2D eigenvalue weighted by molar-refractivity contribution is 8.13. The van der Waals surface area contributed by atoms with Crippen LogP contribution in [-0.4, -0.2) is 39.7 Å². The van der Waals surface area contributed by atoms with E-state index in [4.69, 9.17) is 0 Å². The summed E-state index contributed by atoms with van der Waals surface area (Å²) in [6.07, 6.45) is 0. The smallest absolute Gasteiger partial charge is 0.156 e. The average molecular weight is 234 g/mol. The van der Waals surface area contributed by atoms with Crippen LogP contribution in [0, 0.1) is 5.92 Å². The van der Waals surface area contributed by atoms with Crippen LogP contribution < -0.4 is 5.32 Å². The van der Waals surface area contributed by atoms with Crippen LogP contribution in [0.3, 0.4) is 0 Å². The van der Waals surface area contributed by atoms with E-state index in [0.717, 1.165) is 35.5 Å². The largest absolute Gasteiger partial charge is 0.364 e. The minimum Gasteiger partial charge on any atom is -0.364 e. The summed E-state index contributed by atoms with van der Waals surface area (Å²) in [5.41, 5.74) is 0. The van der Waals surface area contributed by atoms with Crippen molar-refractivity contribution in [3.8, 4) is 0 Å². The van der Waals surface area contributed by atoms with E-state index < -0.39 is 10.8 Å². The summed E-state index contributed by atoms with van der Waals surface area (Å²) in [5, 5.41) is 4.25. The zero-order valence-electron chi connectivity index (χ0n) is 8.78. The van der Waals surface area contributed by atoms with Crippen molar-refractivity contribution in [2.75, 3.05) is 30.3 Å². The number of thioether (sulfide) groups is 1. The van der Waals surface area contributed by atoms with E-state index in [1.165, 1.54) is 0 Å². The molecule has 1 aliphatic rings. The van der Waals surface area contributed by atoms with Crippen LogP contribution in [0.2, 0.25) is 0 Å². The Kier molecular flexibility index (Phi) is 5.55. The summed E-state index contributed by atoms with van der Waals surface area (Å²) in [5.74, 6) is 3.31. The monoisotopic (exact) mass is 234 g/mol. The predicted octanol–water partition coefficient (Wildman–Crippen LogP) is 1.08. The fourth-order valence-electron chi connectivity index (χ4n) is 1.08. The SMILES string of the molecule is CCS(=O)CCNC1=NCC(C)CS1. The molecule has 0 fully saturated rings. The van der Waals surface area contributed by atoms with Crippen LogP contribution >= 0.6 is 11.8 Å². The van der Waals surface area contributed by atoms with Gasteiger partial charge in [-0.1, -0.05) is 25.6 Å². The van der Waals surface area contributed by atoms with Gasteiger partial charge in [-0.3, -0.25) is 9.20 Å². The average Bonchev–Trinajstić information content (AvgIpc) is 2.21. The van der Waals surface area contributed by atoms with Gasteiger partial charge in [0.15, 0.2) is 5.17 Å². The fraction of sp³-hybridized carbons (Fsp3) is 0.889. The summed E-state index contributed by atoms with van der Waals surface area (Å²) in [4.78, 5) is 4.40. The molecule has 0 aromatic rings. The lowest BCUT2D eigenvalue weighted by atomic mass is 10.2. The summed E-state index contributed by atoms with van der Waals surface area (Å²) in [7, 11) is -0.665. The van der Waals surface area contributed by atoms with Crippen molar-refractivity contribution in [3.63, 3.8) is 0 Å². The number of hydrogen-bond acceptors (Lipinski definition) is 4. The van der Waals surface area contributed by atoms with E-state index in [0.29, 0.717) is 5.92 Å². The molecule has 1 N–H and O–H groups in total. The van der Waals surface area contributed by atoms with Gasteiger partial charge in [-0.15, -0.1) is 0 Å². The van der Waals surface area contributed by atoms with E-state index in [2.05, 4.69) is 17.2 Å². The molecule has 0 radical (unpaired) electrons. The second kappa shape index (κ2) is 6.45. The second-order valence-electron chi connectivity index (χ2n) is 3.42. The Balaban J connectivity index is 2.16. The maximum absolute atomic E-state index is 11.1. The zero-order chi connectivity index (χ0) is 10.4. The van der Waals surface area contributed by atoms with Crippen LogP contribution in [0.4, 0.5) is 0 Å². The number of amidine groups is 1. The molecule has 1 rings (SSSR count). The summed E-state index contributed by atoms with van der Waals surface area (Å²) in [6, 6.07) is 0. The molecule has 0 saturated heterocycles. The number of nitrogens with one attached hydrogen (secondary N) is 1. The van der Waals surface area contributed by atoms with Crippen LogP contribution in [0.5, 0.6) is 0 Å². The Morgan fingerprint density at radius 2 is 2.50 bits per heavy atom. The number of nitrogens with zero attached hydrogens (tertiary/aromatic N) is 1. The quantitative estimate of drug-likeness (QED) is 0.791. The van der Waals surface area contributed by atoms with Crippen molar-refractivity contribution in [1.29, 1.82) is 0 Å². The third kappa shape index (κ3) is 4.46. The molecule has 0 bridgehead atoms. The highest BCUT2D eigenvalue weighted by Gasteiger charge is 2.11. The third-order valence-electron chi connectivity index (χ3n) is 1.98. The number of aliphatic imine (C=N–C) groups is 1. The van der Waals surface area contributed by atoms with Gasteiger partial charge in [0.25, 0.3) is 0 Å². The topological polar surface area (TPSA) is 41.5 Å². The Morgan fingerprint density at radius 3 is 3.07 bits per heavy atom. The minimum atomic E-state index is -0.665. The fourth-order valence-corrected chi connectivity index (χ4v) is 2.62.